The Hall–Kier alpha value is -4.01. The first kappa shape index (κ1) is 22.7. The number of ether oxygens (including phenoxy) is 1. The highest BCUT2D eigenvalue weighted by Gasteiger charge is 2.30. The van der Waals surface area contributed by atoms with Gasteiger partial charge >= 0.3 is 6.36 Å². The van der Waals surface area contributed by atoms with Gasteiger partial charge in [0.15, 0.2) is 0 Å². The fourth-order valence-electron chi connectivity index (χ4n) is 2.73. The molecule has 32 heavy (non-hydrogen) atoms. The van der Waals surface area contributed by atoms with Gasteiger partial charge < -0.3 is 10.5 Å². The third-order valence-corrected chi connectivity index (χ3v) is 4.19. The second kappa shape index (κ2) is 9.42. The lowest BCUT2D eigenvalue weighted by atomic mass is 10.0. The largest absolute Gasteiger partial charge is 0.573 e. The number of amidine groups is 1. The number of hydrogen-bond donors (Lipinski definition) is 1. The summed E-state index contributed by atoms with van der Waals surface area (Å²) in [5.41, 5.74) is 6.94. The molecule has 3 aromatic carbocycles. The van der Waals surface area contributed by atoms with E-state index in [4.69, 9.17) is 5.73 Å². The van der Waals surface area contributed by atoms with E-state index in [9.17, 15) is 26.7 Å². The normalized spacial score (nSPS) is 12.2. The summed E-state index contributed by atoms with van der Waals surface area (Å²) in [4.78, 5) is 15.4. The molecule has 0 radical (unpaired) electrons. The minimum Gasteiger partial charge on any atom is -0.406 e. The van der Waals surface area contributed by atoms with Crippen molar-refractivity contribution in [1.82, 2.24) is 0 Å². The van der Waals surface area contributed by atoms with E-state index in [2.05, 4.69) is 9.73 Å². The van der Waals surface area contributed by atoms with Gasteiger partial charge in [0.25, 0.3) is 5.91 Å². The van der Waals surface area contributed by atoms with Gasteiger partial charge in [-0.2, -0.15) is 4.99 Å². The quantitative estimate of drug-likeness (QED) is 0.309. The van der Waals surface area contributed by atoms with Gasteiger partial charge in [-0.05, 0) is 47.0 Å². The van der Waals surface area contributed by atoms with Crippen LogP contribution < -0.4 is 10.5 Å². The molecule has 0 atom stereocenters. The van der Waals surface area contributed by atoms with E-state index in [1.165, 1.54) is 36.4 Å². The van der Waals surface area contributed by atoms with E-state index in [0.717, 1.165) is 23.8 Å². The molecule has 0 aliphatic heterocycles. The number of rotatable bonds is 5. The maximum absolute atomic E-state index is 13.6. The highest BCUT2D eigenvalue weighted by atomic mass is 19.4. The van der Waals surface area contributed by atoms with Crippen molar-refractivity contribution in [2.45, 2.75) is 6.36 Å². The lowest BCUT2D eigenvalue weighted by Gasteiger charge is -2.09. The molecular weight excluding hydrogens is 431 g/mol. The van der Waals surface area contributed by atoms with Crippen molar-refractivity contribution in [2.24, 2.45) is 10.7 Å². The molecule has 3 rings (SSSR count). The van der Waals surface area contributed by atoms with E-state index in [-0.39, 0.29) is 11.6 Å². The molecule has 164 valence electrons. The zero-order chi connectivity index (χ0) is 23.3. The van der Waals surface area contributed by atoms with Crippen LogP contribution in [0.15, 0.2) is 77.8 Å². The first-order valence-corrected chi connectivity index (χ1v) is 9.09. The lowest BCUT2D eigenvalue weighted by Crippen LogP contribution is -2.16. The van der Waals surface area contributed by atoms with Crippen LogP contribution in [-0.2, 0) is 0 Å². The number of nitrogens with zero attached hydrogens (tertiary/aromatic N) is 1. The van der Waals surface area contributed by atoms with E-state index in [1.54, 1.807) is 24.3 Å². The highest BCUT2D eigenvalue weighted by Crippen LogP contribution is 2.26. The Labute approximate surface area is 179 Å². The number of carbonyl (C=O) groups excluding carboxylic acids is 1. The summed E-state index contributed by atoms with van der Waals surface area (Å²) in [6.45, 7) is 0. The number of alkyl halides is 3. The van der Waals surface area contributed by atoms with Gasteiger partial charge in [0.05, 0.1) is 0 Å². The molecule has 2 N–H and O–H groups in total. The fourth-order valence-corrected chi connectivity index (χ4v) is 2.73. The van der Waals surface area contributed by atoms with Gasteiger partial charge in [0.2, 0.25) is 0 Å². The summed E-state index contributed by atoms with van der Waals surface area (Å²) in [6, 6.07) is 15.3. The zero-order valence-corrected chi connectivity index (χ0v) is 16.2. The Bertz CT molecular complexity index is 1150. The number of hydrogen-bond acceptors (Lipinski definition) is 2. The number of halogens is 5. The van der Waals surface area contributed by atoms with Crippen LogP contribution in [-0.4, -0.2) is 18.1 Å². The topological polar surface area (TPSA) is 64.7 Å². The summed E-state index contributed by atoms with van der Waals surface area (Å²) in [5, 5.41) is 0. The molecule has 0 aliphatic rings. The third kappa shape index (κ3) is 6.00. The van der Waals surface area contributed by atoms with Crippen LogP contribution in [0.1, 0.15) is 15.9 Å². The summed E-state index contributed by atoms with van der Waals surface area (Å²) < 4.78 is 67.8. The molecule has 0 fully saturated rings. The van der Waals surface area contributed by atoms with Crippen LogP contribution in [0.5, 0.6) is 5.75 Å². The maximum atomic E-state index is 13.6. The molecule has 0 heterocycles. The number of aliphatic imine (C=N–C) groups is 1. The smallest absolute Gasteiger partial charge is 0.406 e. The second-order valence-corrected chi connectivity index (χ2v) is 6.47. The minimum atomic E-state index is -4.76. The van der Waals surface area contributed by atoms with E-state index < -0.39 is 29.5 Å². The van der Waals surface area contributed by atoms with Crippen molar-refractivity contribution >= 4 is 17.8 Å². The monoisotopic (exact) mass is 446 g/mol. The molecule has 0 unspecified atom stereocenters. The third-order valence-electron chi connectivity index (χ3n) is 4.19. The Balaban J connectivity index is 1.68. The Kier molecular flexibility index (Phi) is 6.67. The van der Waals surface area contributed by atoms with Gasteiger partial charge in [-0.1, -0.05) is 48.5 Å². The van der Waals surface area contributed by atoms with Crippen molar-refractivity contribution in [2.75, 3.05) is 0 Å². The summed E-state index contributed by atoms with van der Waals surface area (Å²) in [7, 11) is 0. The molecular formula is C23H15F5N2O2. The highest BCUT2D eigenvalue weighted by molar-refractivity contribution is 6.07. The van der Waals surface area contributed by atoms with Gasteiger partial charge in [0.1, 0.15) is 28.8 Å². The molecule has 9 heteroatoms. The molecule has 0 aromatic heterocycles. The van der Waals surface area contributed by atoms with Crippen molar-refractivity contribution < 1.29 is 31.5 Å². The van der Waals surface area contributed by atoms with Crippen molar-refractivity contribution in [1.29, 1.82) is 0 Å². The van der Waals surface area contributed by atoms with Crippen LogP contribution in [0.25, 0.3) is 17.2 Å². The van der Waals surface area contributed by atoms with Gasteiger partial charge in [0, 0.05) is 0 Å². The predicted octanol–water partition coefficient (Wildman–Crippen LogP) is 5.74. The summed E-state index contributed by atoms with van der Waals surface area (Å²) in [5.74, 6) is -3.79. The molecule has 0 aliphatic carbocycles. The standard InChI is InChI=1S/C23H15F5N2O2/c24-18-2-1-3-19(25)21(18)22(31)30-20(29)13-6-14-4-7-15(8-5-14)16-9-11-17(12-10-16)32-23(26,27)28/h1-13H,(H2,29,30,31)/b13-6+. The molecule has 0 bridgehead atoms. The van der Waals surface area contributed by atoms with Gasteiger partial charge in [-0.15, -0.1) is 13.2 Å². The Morgan fingerprint density at radius 1 is 0.875 bits per heavy atom. The van der Waals surface area contributed by atoms with Crippen molar-refractivity contribution in [3.8, 4) is 16.9 Å². The van der Waals surface area contributed by atoms with Gasteiger partial charge in [-0.3, -0.25) is 4.79 Å². The number of amides is 1. The molecule has 0 saturated carbocycles. The molecule has 3 aromatic rings. The number of nitrogens with two attached hydrogens (primary N) is 1. The zero-order valence-electron chi connectivity index (χ0n) is 16.2. The number of benzene rings is 3. The first-order chi connectivity index (χ1) is 15.1. The van der Waals surface area contributed by atoms with Crippen molar-refractivity contribution in [3.63, 3.8) is 0 Å². The molecule has 0 spiro atoms. The molecule has 1 amide bonds. The molecule has 4 nitrogen and oxygen atoms in total. The minimum absolute atomic E-state index is 0.248. The Morgan fingerprint density at radius 2 is 1.41 bits per heavy atom. The average Bonchev–Trinajstić information content (AvgIpc) is 2.72. The predicted molar refractivity (Wildman–Crippen MR) is 110 cm³/mol. The van der Waals surface area contributed by atoms with E-state index in [1.807, 2.05) is 0 Å². The Morgan fingerprint density at radius 3 is 1.94 bits per heavy atom. The van der Waals surface area contributed by atoms with Crippen LogP contribution in [0.4, 0.5) is 22.0 Å². The summed E-state index contributed by atoms with van der Waals surface area (Å²) in [6.07, 6.45) is -1.92. The van der Waals surface area contributed by atoms with Crippen LogP contribution >= 0.6 is 0 Å². The van der Waals surface area contributed by atoms with Crippen molar-refractivity contribution in [3.05, 3.63) is 95.6 Å². The maximum Gasteiger partial charge on any atom is 0.573 e. The first-order valence-electron chi connectivity index (χ1n) is 9.09. The average molecular weight is 446 g/mol. The van der Waals surface area contributed by atoms with Gasteiger partial charge in [-0.25, -0.2) is 8.78 Å². The van der Waals surface area contributed by atoms with E-state index >= 15 is 0 Å². The van der Waals surface area contributed by atoms with Crippen LogP contribution in [0.3, 0.4) is 0 Å². The second-order valence-electron chi connectivity index (χ2n) is 6.47. The lowest BCUT2D eigenvalue weighted by molar-refractivity contribution is -0.274. The fraction of sp³-hybridized carbons (Fsp3) is 0.0435. The summed E-state index contributed by atoms with van der Waals surface area (Å²) >= 11 is 0. The van der Waals surface area contributed by atoms with E-state index in [0.29, 0.717) is 11.1 Å². The molecule has 0 saturated heterocycles. The number of carbonyl (C=O) groups is 1. The van der Waals surface area contributed by atoms with Crippen LogP contribution in [0.2, 0.25) is 0 Å². The van der Waals surface area contributed by atoms with Crippen LogP contribution in [0, 0.1) is 11.6 Å². The SMILES string of the molecule is NC(/C=C/c1ccc(-c2ccc(OC(F)(F)F)cc2)cc1)=NC(=O)c1c(F)cccc1F.